The summed E-state index contributed by atoms with van der Waals surface area (Å²) in [7, 11) is 8.08. The zero-order valence-corrected chi connectivity index (χ0v) is 22.1. The zero-order valence-electron chi connectivity index (χ0n) is 22.1. The quantitative estimate of drug-likeness (QED) is 0.429. The molecule has 0 N–H and O–H groups in total. The average Bonchev–Trinajstić information content (AvgIpc) is 2.96. The van der Waals surface area contributed by atoms with Gasteiger partial charge in [0.25, 0.3) is 0 Å². The van der Waals surface area contributed by atoms with Gasteiger partial charge in [0.2, 0.25) is 5.91 Å². The zero-order chi connectivity index (χ0) is 26.4. The molecule has 1 aliphatic rings. The Morgan fingerprint density at radius 3 is 1.92 bits per heavy atom. The summed E-state index contributed by atoms with van der Waals surface area (Å²) in [5.41, 5.74) is 3.66. The lowest BCUT2D eigenvalue weighted by atomic mass is 9.95. The minimum absolute atomic E-state index is 0.0635. The van der Waals surface area contributed by atoms with Crippen LogP contribution >= 0.6 is 0 Å². The van der Waals surface area contributed by atoms with Crippen molar-refractivity contribution in [3.8, 4) is 39.9 Å². The number of benzene rings is 3. The Balaban J connectivity index is 1.57. The Labute approximate surface area is 218 Å². The van der Waals surface area contributed by atoms with Gasteiger partial charge in [-0.15, -0.1) is 0 Å². The maximum absolute atomic E-state index is 13.5. The normalized spacial score (nSPS) is 13.2. The summed E-state index contributed by atoms with van der Waals surface area (Å²) in [5.74, 6) is 3.32. The summed E-state index contributed by atoms with van der Waals surface area (Å²) < 4.78 is 27.5. The average molecular weight is 507 g/mol. The molecule has 4 rings (SSSR count). The maximum atomic E-state index is 13.5. The number of anilines is 1. The lowest BCUT2D eigenvalue weighted by molar-refractivity contribution is -0.130. The monoisotopic (exact) mass is 506 g/mol. The van der Waals surface area contributed by atoms with E-state index in [9.17, 15) is 4.79 Å². The van der Waals surface area contributed by atoms with Crippen molar-refractivity contribution in [2.24, 2.45) is 0 Å². The van der Waals surface area contributed by atoms with E-state index in [-0.39, 0.29) is 12.3 Å². The van der Waals surface area contributed by atoms with Gasteiger partial charge in [-0.1, -0.05) is 18.2 Å². The number of ether oxygens (including phenoxy) is 5. The highest BCUT2D eigenvalue weighted by atomic mass is 16.5. The molecule has 1 amide bonds. The minimum atomic E-state index is 0.0635. The van der Waals surface area contributed by atoms with Gasteiger partial charge in [-0.3, -0.25) is 4.79 Å². The van der Waals surface area contributed by atoms with Crippen molar-refractivity contribution < 1.29 is 28.5 Å². The molecule has 1 fully saturated rings. The number of rotatable bonds is 9. The van der Waals surface area contributed by atoms with E-state index in [0.717, 1.165) is 41.2 Å². The van der Waals surface area contributed by atoms with E-state index < -0.39 is 0 Å². The number of carbonyl (C=O) groups is 1. The summed E-state index contributed by atoms with van der Waals surface area (Å²) in [6.45, 7) is 2.74. The van der Waals surface area contributed by atoms with Crippen molar-refractivity contribution in [2.45, 2.75) is 6.42 Å². The van der Waals surface area contributed by atoms with Crippen LogP contribution in [0.4, 0.5) is 5.69 Å². The first kappa shape index (κ1) is 26.0. The van der Waals surface area contributed by atoms with E-state index in [4.69, 9.17) is 23.7 Å². The summed E-state index contributed by atoms with van der Waals surface area (Å²) in [4.78, 5) is 17.6. The fourth-order valence-electron chi connectivity index (χ4n) is 4.70. The Kier molecular flexibility index (Phi) is 8.28. The van der Waals surface area contributed by atoms with Gasteiger partial charge in [0.05, 0.1) is 47.7 Å². The number of carbonyl (C=O) groups excluding carboxylic acids is 1. The van der Waals surface area contributed by atoms with Crippen LogP contribution in [0.25, 0.3) is 11.1 Å². The van der Waals surface area contributed by atoms with Gasteiger partial charge in [-0.25, -0.2) is 0 Å². The van der Waals surface area contributed by atoms with Crippen LogP contribution in [-0.2, 0) is 11.2 Å². The van der Waals surface area contributed by atoms with Crippen molar-refractivity contribution in [1.29, 1.82) is 0 Å². The molecule has 0 atom stereocenters. The topological polar surface area (TPSA) is 69.7 Å². The van der Waals surface area contributed by atoms with Gasteiger partial charge < -0.3 is 33.5 Å². The van der Waals surface area contributed by atoms with E-state index >= 15 is 0 Å². The van der Waals surface area contributed by atoms with Gasteiger partial charge in [-0.05, 0) is 53.1 Å². The number of amides is 1. The molecule has 0 spiro atoms. The van der Waals surface area contributed by atoms with Crippen LogP contribution in [0.2, 0.25) is 0 Å². The smallest absolute Gasteiger partial charge is 0.227 e. The second-order valence-electron chi connectivity index (χ2n) is 8.65. The number of para-hydroxylation sites is 2. The van der Waals surface area contributed by atoms with Crippen LogP contribution in [0.1, 0.15) is 5.56 Å². The van der Waals surface area contributed by atoms with Crippen molar-refractivity contribution in [3.63, 3.8) is 0 Å². The number of methoxy groups -OCH3 is 5. The first-order valence-corrected chi connectivity index (χ1v) is 12.2. The van der Waals surface area contributed by atoms with E-state index in [1.54, 1.807) is 35.5 Å². The third kappa shape index (κ3) is 5.53. The van der Waals surface area contributed by atoms with Gasteiger partial charge >= 0.3 is 0 Å². The Morgan fingerprint density at radius 1 is 0.676 bits per heavy atom. The Morgan fingerprint density at radius 2 is 1.27 bits per heavy atom. The molecule has 1 saturated heterocycles. The summed E-state index contributed by atoms with van der Waals surface area (Å²) in [6, 6.07) is 17.5. The van der Waals surface area contributed by atoms with E-state index in [1.165, 1.54) is 0 Å². The van der Waals surface area contributed by atoms with Crippen LogP contribution in [0.15, 0.2) is 54.6 Å². The van der Waals surface area contributed by atoms with E-state index in [1.807, 2.05) is 53.4 Å². The SMILES string of the molecule is COc1ccc(-c2cc(OC)c(OC)cc2CC(=O)N2CCN(c3ccccc3OC)CC2)cc1OC. The largest absolute Gasteiger partial charge is 0.495 e. The highest BCUT2D eigenvalue weighted by molar-refractivity contribution is 5.84. The van der Waals surface area contributed by atoms with Gasteiger partial charge in [0.15, 0.2) is 23.0 Å². The fourth-order valence-corrected chi connectivity index (χ4v) is 4.70. The lowest BCUT2D eigenvalue weighted by Gasteiger charge is -2.36. The van der Waals surface area contributed by atoms with Crippen LogP contribution in [0, 0.1) is 0 Å². The van der Waals surface area contributed by atoms with Crippen molar-refractivity contribution in [3.05, 3.63) is 60.2 Å². The lowest BCUT2D eigenvalue weighted by Crippen LogP contribution is -2.49. The summed E-state index contributed by atoms with van der Waals surface area (Å²) in [5, 5.41) is 0. The first-order valence-electron chi connectivity index (χ1n) is 12.2. The van der Waals surface area contributed by atoms with E-state index in [2.05, 4.69) is 11.0 Å². The first-order chi connectivity index (χ1) is 18.0. The molecule has 3 aromatic rings. The molecule has 0 aliphatic carbocycles. The second-order valence-corrected chi connectivity index (χ2v) is 8.65. The number of nitrogens with zero attached hydrogens (tertiary/aromatic N) is 2. The highest BCUT2D eigenvalue weighted by Crippen LogP contribution is 2.39. The molecule has 1 heterocycles. The summed E-state index contributed by atoms with van der Waals surface area (Å²) >= 11 is 0. The van der Waals surface area contributed by atoms with Crippen LogP contribution in [0.5, 0.6) is 28.7 Å². The summed E-state index contributed by atoms with van der Waals surface area (Å²) in [6.07, 6.45) is 0.235. The predicted molar refractivity (Wildman–Crippen MR) is 144 cm³/mol. The highest BCUT2D eigenvalue weighted by Gasteiger charge is 2.25. The molecule has 196 valence electrons. The molecule has 1 aliphatic heterocycles. The number of hydrogen-bond donors (Lipinski definition) is 0. The van der Waals surface area contributed by atoms with Crippen molar-refractivity contribution in [1.82, 2.24) is 4.90 Å². The Bertz CT molecular complexity index is 1240. The molecule has 37 heavy (non-hydrogen) atoms. The Hall–Kier alpha value is -4.07. The molecule has 0 unspecified atom stereocenters. The molecule has 0 bridgehead atoms. The van der Waals surface area contributed by atoms with Crippen LogP contribution in [0.3, 0.4) is 0 Å². The van der Waals surface area contributed by atoms with Gasteiger partial charge in [0.1, 0.15) is 5.75 Å². The van der Waals surface area contributed by atoms with Crippen molar-refractivity contribution >= 4 is 11.6 Å². The molecule has 8 nitrogen and oxygen atoms in total. The molecule has 0 radical (unpaired) electrons. The molecule has 8 heteroatoms. The molecular formula is C29H34N2O6. The third-order valence-corrected chi connectivity index (χ3v) is 6.70. The number of hydrogen-bond acceptors (Lipinski definition) is 7. The van der Waals surface area contributed by atoms with Gasteiger partial charge in [0, 0.05) is 26.2 Å². The predicted octanol–water partition coefficient (Wildman–Crippen LogP) is 4.29. The van der Waals surface area contributed by atoms with Crippen molar-refractivity contribution in [2.75, 3.05) is 66.6 Å². The van der Waals surface area contributed by atoms with Gasteiger partial charge in [-0.2, -0.15) is 0 Å². The fraction of sp³-hybridized carbons (Fsp3) is 0.345. The standard InChI is InChI=1S/C29H34N2O6/c1-33-24-9-7-6-8-23(24)30-12-14-31(15-13-30)29(32)18-21-17-27(36-4)28(37-5)19-22(21)20-10-11-25(34-2)26(16-20)35-3/h6-11,16-17,19H,12-15,18H2,1-5H3. The second kappa shape index (κ2) is 11.8. The minimum Gasteiger partial charge on any atom is -0.495 e. The molecule has 0 aromatic heterocycles. The molecule has 0 saturated carbocycles. The molecular weight excluding hydrogens is 472 g/mol. The van der Waals surface area contributed by atoms with E-state index in [0.29, 0.717) is 36.1 Å². The van der Waals surface area contributed by atoms with Crippen LogP contribution < -0.4 is 28.6 Å². The van der Waals surface area contributed by atoms with Crippen LogP contribution in [-0.4, -0.2) is 72.5 Å². The maximum Gasteiger partial charge on any atom is 0.227 e. The third-order valence-electron chi connectivity index (χ3n) is 6.70. The number of piperazine rings is 1. The molecule has 3 aromatic carbocycles.